The zero-order chi connectivity index (χ0) is 47.6. The van der Waals surface area contributed by atoms with Crippen molar-refractivity contribution in [3.63, 3.8) is 0 Å². The first-order chi connectivity index (χ1) is 34.3. The first-order valence-corrected chi connectivity index (χ1v) is 24.5. The van der Waals surface area contributed by atoms with Crippen LogP contribution in [0.15, 0.2) is 146 Å². The summed E-state index contributed by atoms with van der Waals surface area (Å²) in [6.07, 6.45) is 4.53. The van der Waals surface area contributed by atoms with E-state index in [1.54, 1.807) is 0 Å². The molecule has 4 N–H and O–H groups in total. The lowest BCUT2D eigenvalue weighted by Crippen LogP contribution is -2.11. The molecule has 2 heterocycles. The quantitative estimate of drug-likeness (QED) is 0.119. The van der Waals surface area contributed by atoms with Crippen molar-refractivity contribution in [2.75, 3.05) is 26.4 Å². The van der Waals surface area contributed by atoms with Gasteiger partial charge in [-0.05, 0) is 89.0 Å². The summed E-state index contributed by atoms with van der Waals surface area (Å²) < 4.78 is 27.2. The fourth-order valence-corrected chi connectivity index (χ4v) is 10.6. The van der Waals surface area contributed by atoms with Crippen LogP contribution in [0, 0.1) is 0 Å². The van der Waals surface area contributed by atoms with E-state index in [0.717, 1.165) is 112 Å². The summed E-state index contributed by atoms with van der Waals surface area (Å²) in [5.41, 5.74) is 13.7. The summed E-state index contributed by atoms with van der Waals surface area (Å²) in [5.74, 6) is 3.88. The molecule has 12 rings (SSSR count). The molecule has 0 atom stereocenters. The molecule has 2 aliphatic carbocycles. The van der Waals surface area contributed by atoms with E-state index in [9.17, 15) is 20.4 Å². The van der Waals surface area contributed by atoms with Crippen LogP contribution in [0.2, 0.25) is 0 Å². The molecule has 0 aromatic heterocycles. The number of phenols is 4. The van der Waals surface area contributed by atoms with Crippen LogP contribution in [0.5, 0.6) is 46.0 Å². The van der Waals surface area contributed by atoms with Gasteiger partial charge in [0.25, 0.3) is 0 Å². The number of phenolic OH excluding ortho intramolecular Hbond substituents is 4. The molecule has 352 valence electrons. The standard InChI is InChI=1S/C62H56O8/c63-55-39-11-1-12-40(55)32-48-20-6-22-50-34-42-14-2-13-41(56(42)64)33-49-21-5-19-47(31-39)59(49)67-27-9-29-69-61-51-23-7-25-53(61)37-45-17-4-18-46(58(45)66)38-54-26-8-24-52(62(54)70-30-10-28-68-60(48)50)36-44-16-3-15-43(35-51)57(44)65/h1-8,11-26,63-66H,9-10,27-38H2. The maximum atomic E-state index is 12.0. The zero-order valence-electron chi connectivity index (χ0n) is 39.2. The van der Waals surface area contributed by atoms with Crippen LogP contribution in [-0.2, 0) is 51.4 Å². The minimum atomic E-state index is 0.246. The van der Waals surface area contributed by atoms with Gasteiger partial charge < -0.3 is 39.4 Å². The second kappa shape index (κ2) is 19.6. The van der Waals surface area contributed by atoms with Crippen LogP contribution >= 0.6 is 0 Å². The number of hydrogen-bond donors (Lipinski definition) is 4. The molecule has 8 nitrogen and oxygen atoms in total. The summed E-state index contributed by atoms with van der Waals surface area (Å²) in [6.45, 7) is 1.37. The monoisotopic (exact) mass is 928 g/mol. The molecular formula is C62H56O8. The van der Waals surface area contributed by atoms with Gasteiger partial charge >= 0.3 is 0 Å². The maximum Gasteiger partial charge on any atom is 0.126 e. The van der Waals surface area contributed by atoms with E-state index in [4.69, 9.17) is 18.9 Å². The van der Waals surface area contributed by atoms with Crippen LogP contribution in [0.25, 0.3) is 0 Å². The van der Waals surface area contributed by atoms with Gasteiger partial charge in [-0.1, -0.05) is 146 Å². The second-order valence-electron chi connectivity index (χ2n) is 18.8. The molecule has 2 aliphatic heterocycles. The van der Waals surface area contributed by atoms with Gasteiger partial charge in [0.15, 0.2) is 0 Å². The molecule has 8 heteroatoms. The van der Waals surface area contributed by atoms with Crippen molar-refractivity contribution in [2.45, 2.75) is 64.2 Å². The summed E-state index contributed by atoms with van der Waals surface area (Å²) >= 11 is 0. The van der Waals surface area contributed by atoms with Crippen molar-refractivity contribution in [3.05, 3.63) is 235 Å². The average molecular weight is 929 g/mol. The van der Waals surface area contributed by atoms with Crippen LogP contribution in [-0.4, -0.2) is 46.9 Å². The SMILES string of the molecule is Oc1c2cccc1Cc1cccc3c1OCCCOc1c4cccc1Cc1cccc(c1O)Cc1cccc(c1OCCCOc1c(cccc1Cc1cccc(c1O)C3)C2)Cc1cccc(c1O)C4. The molecule has 0 spiro atoms. The third-order valence-electron chi connectivity index (χ3n) is 14.1. The van der Waals surface area contributed by atoms with Gasteiger partial charge in [-0.2, -0.15) is 0 Å². The van der Waals surface area contributed by atoms with E-state index >= 15 is 0 Å². The molecule has 8 aromatic carbocycles. The zero-order valence-corrected chi connectivity index (χ0v) is 39.2. The molecule has 8 aromatic rings. The molecule has 0 saturated heterocycles. The number of aromatic hydroxyl groups is 4. The lowest BCUT2D eigenvalue weighted by molar-refractivity contribution is 0.243. The van der Waals surface area contributed by atoms with Crippen molar-refractivity contribution in [1.82, 2.24) is 0 Å². The Morgan fingerprint density at radius 1 is 0.214 bits per heavy atom. The molecule has 4 aliphatic rings. The van der Waals surface area contributed by atoms with E-state index in [2.05, 4.69) is 48.5 Å². The normalized spacial score (nSPS) is 14.7. The van der Waals surface area contributed by atoms with E-state index in [-0.39, 0.29) is 23.0 Å². The average Bonchev–Trinajstić information content (AvgIpc) is 3.35. The molecular weight excluding hydrogens is 873 g/mol. The van der Waals surface area contributed by atoms with Crippen molar-refractivity contribution < 1.29 is 39.4 Å². The van der Waals surface area contributed by atoms with Gasteiger partial charge in [0.2, 0.25) is 0 Å². The number of hydrogen-bond acceptors (Lipinski definition) is 8. The van der Waals surface area contributed by atoms with E-state index < -0.39 is 0 Å². The van der Waals surface area contributed by atoms with E-state index in [1.807, 2.05) is 97.1 Å². The van der Waals surface area contributed by atoms with Gasteiger partial charge in [0.1, 0.15) is 46.0 Å². The highest BCUT2D eigenvalue weighted by Gasteiger charge is 2.23. The van der Waals surface area contributed by atoms with Crippen LogP contribution in [0.4, 0.5) is 0 Å². The van der Waals surface area contributed by atoms with E-state index in [1.165, 1.54) is 0 Å². The number of fused-ring (bicyclic) bond motifs is 10. The lowest BCUT2D eigenvalue weighted by Gasteiger charge is -2.22. The van der Waals surface area contributed by atoms with Crippen LogP contribution in [0.3, 0.4) is 0 Å². The molecule has 0 unspecified atom stereocenters. The number of benzene rings is 8. The molecule has 20 bridgehead atoms. The minimum Gasteiger partial charge on any atom is -0.507 e. The number of rotatable bonds is 0. The highest BCUT2D eigenvalue weighted by Crippen LogP contribution is 2.41. The molecule has 0 saturated carbocycles. The van der Waals surface area contributed by atoms with Gasteiger partial charge in [0, 0.05) is 64.2 Å². The number of ether oxygens (including phenoxy) is 4. The Hall–Kier alpha value is -7.84. The van der Waals surface area contributed by atoms with Gasteiger partial charge in [-0.25, -0.2) is 0 Å². The van der Waals surface area contributed by atoms with E-state index in [0.29, 0.717) is 90.6 Å². The van der Waals surface area contributed by atoms with Crippen molar-refractivity contribution in [3.8, 4) is 46.0 Å². The number of para-hydroxylation sites is 8. The first kappa shape index (κ1) is 44.7. The fourth-order valence-electron chi connectivity index (χ4n) is 10.6. The second-order valence-corrected chi connectivity index (χ2v) is 18.8. The van der Waals surface area contributed by atoms with Crippen LogP contribution < -0.4 is 18.9 Å². The molecule has 0 radical (unpaired) electrons. The van der Waals surface area contributed by atoms with Crippen LogP contribution in [0.1, 0.15) is 102 Å². The van der Waals surface area contributed by atoms with Crippen molar-refractivity contribution >= 4 is 0 Å². The Morgan fingerprint density at radius 3 is 0.514 bits per heavy atom. The summed E-state index contributed by atoms with van der Waals surface area (Å²) in [6, 6.07) is 48.3. The smallest absolute Gasteiger partial charge is 0.126 e. The fraction of sp³-hybridized carbons (Fsp3) is 0.226. The first-order valence-electron chi connectivity index (χ1n) is 24.5. The predicted octanol–water partition coefficient (Wildman–Crippen LogP) is 11.9. The molecule has 70 heavy (non-hydrogen) atoms. The van der Waals surface area contributed by atoms with Gasteiger partial charge in [-0.15, -0.1) is 0 Å². The lowest BCUT2D eigenvalue weighted by atomic mass is 9.91. The highest BCUT2D eigenvalue weighted by molar-refractivity contribution is 5.58. The predicted molar refractivity (Wildman–Crippen MR) is 272 cm³/mol. The highest BCUT2D eigenvalue weighted by atomic mass is 16.5. The minimum absolute atomic E-state index is 0.246. The molecule has 0 amide bonds. The Labute approximate surface area is 409 Å². The Morgan fingerprint density at radius 2 is 0.357 bits per heavy atom. The Kier molecular flexibility index (Phi) is 12.5. The molecule has 0 fully saturated rings. The van der Waals surface area contributed by atoms with Crippen molar-refractivity contribution in [1.29, 1.82) is 0 Å². The largest absolute Gasteiger partial charge is 0.507 e. The van der Waals surface area contributed by atoms with Crippen molar-refractivity contribution in [2.24, 2.45) is 0 Å². The summed E-state index contributed by atoms with van der Waals surface area (Å²) in [5, 5.41) is 48.0. The van der Waals surface area contributed by atoms with Gasteiger partial charge in [-0.3, -0.25) is 0 Å². The maximum absolute atomic E-state index is 12.0. The Balaban J connectivity index is 1.05. The third kappa shape index (κ3) is 9.09. The summed E-state index contributed by atoms with van der Waals surface area (Å²) in [7, 11) is 0. The Bertz CT molecular complexity index is 2640. The third-order valence-corrected chi connectivity index (χ3v) is 14.1. The topological polar surface area (TPSA) is 118 Å². The van der Waals surface area contributed by atoms with Gasteiger partial charge in [0.05, 0.1) is 26.4 Å². The summed E-state index contributed by atoms with van der Waals surface area (Å²) in [4.78, 5) is 0.